The van der Waals surface area contributed by atoms with Crippen molar-refractivity contribution < 1.29 is 9.59 Å². The molecule has 1 aromatic carbocycles. The summed E-state index contributed by atoms with van der Waals surface area (Å²) in [6.45, 7) is 7.09. The Balaban J connectivity index is 3.10. The topological polar surface area (TPSA) is 34.1 Å². The summed E-state index contributed by atoms with van der Waals surface area (Å²) in [6, 6.07) is 10.0. The van der Waals surface area contributed by atoms with E-state index in [4.69, 9.17) is 0 Å². The molecule has 0 aromatic heterocycles. The summed E-state index contributed by atoms with van der Waals surface area (Å²) in [7, 11) is 0. The van der Waals surface area contributed by atoms with Crippen molar-refractivity contribution in [1.82, 2.24) is 0 Å². The van der Waals surface area contributed by atoms with Crippen molar-refractivity contribution in [2.75, 3.05) is 0 Å². The average Bonchev–Trinajstić information content (AvgIpc) is 2.35. The summed E-state index contributed by atoms with van der Waals surface area (Å²) in [6.07, 6.45) is 0.867. The number of benzene rings is 1. The first-order valence-electron chi connectivity index (χ1n) is 6.54. The second kappa shape index (κ2) is 6.48. The van der Waals surface area contributed by atoms with Gasteiger partial charge in [-0.3, -0.25) is 9.59 Å². The number of Topliss-reactive ketones (excluding diaryl/α,β-unsaturated/α-hetero) is 2. The molecule has 0 bridgehead atoms. The molecule has 0 saturated heterocycles. The third-order valence-corrected chi connectivity index (χ3v) is 3.75. The van der Waals surface area contributed by atoms with Crippen LogP contribution < -0.4 is 0 Å². The van der Waals surface area contributed by atoms with Gasteiger partial charge in [0.1, 0.15) is 11.6 Å². The second-order valence-electron chi connectivity index (χ2n) is 4.96. The Morgan fingerprint density at radius 2 is 1.61 bits per heavy atom. The van der Waals surface area contributed by atoms with Crippen LogP contribution in [0.5, 0.6) is 0 Å². The molecule has 3 unspecified atom stereocenters. The van der Waals surface area contributed by atoms with Crippen molar-refractivity contribution in [3.8, 4) is 0 Å². The predicted molar refractivity (Wildman–Crippen MR) is 73.5 cm³/mol. The number of rotatable bonds is 6. The van der Waals surface area contributed by atoms with E-state index in [2.05, 4.69) is 6.92 Å². The van der Waals surface area contributed by atoms with Crippen LogP contribution in [-0.2, 0) is 9.59 Å². The largest absolute Gasteiger partial charge is 0.300 e. The fourth-order valence-electron chi connectivity index (χ4n) is 2.63. The number of hydrogen-bond acceptors (Lipinski definition) is 2. The summed E-state index contributed by atoms with van der Waals surface area (Å²) in [5.74, 6) is -0.108. The van der Waals surface area contributed by atoms with E-state index in [1.165, 1.54) is 0 Å². The molecule has 0 heterocycles. The lowest BCUT2D eigenvalue weighted by molar-refractivity contribution is -0.130. The highest BCUT2D eigenvalue weighted by Crippen LogP contribution is 2.34. The molecule has 0 aliphatic rings. The van der Waals surface area contributed by atoms with E-state index >= 15 is 0 Å². The minimum Gasteiger partial charge on any atom is -0.300 e. The van der Waals surface area contributed by atoms with Gasteiger partial charge in [0.25, 0.3) is 0 Å². The van der Waals surface area contributed by atoms with Gasteiger partial charge in [-0.2, -0.15) is 0 Å². The lowest BCUT2D eigenvalue weighted by Crippen LogP contribution is -2.30. The molecule has 0 saturated carbocycles. The van der Waals surface area contributed by atoms with Crippen LogP contribution in [0.15, 0.2) is 30.3 Å². The molecule has 0 N–H and O–H groups in total. The van der Waals surface area contributed by atoms with Crippen LogP contribution in [0.3, 0.4) is 0 Å². The second-order valence-corrected chi connectivity index (χ2v) is 4.96. The molecule has 0 fully saturated rings. The molecular formula is C16H22O2. The van der Waals surface area contributed by atoms with Gasteiger partial charge in [0.05, 0.1) is 0 Å². The highest BCUT2D eigenvalue weighted by molar-refractivity contribution is 5.88. The summed E-state index contributed by atoms with van der Waals surface area (Å²) < 4.78 is 0. The smallest absolute Gasteiger partial charge is 0.134 e. The molecule has 3 atom stereocenters. The van der Waals surface area contributed by atoms with Gasteiger partial charge in [-0.15, -0.1) is 0 Å². The minimum absolute atomic E-state index is 0.0876. The van der Waals surface area contributed by atoms with E-state index in [0.29, 0.717) is 0 Å². The van der Waals surface area contributed by atoms with Gasteiger partial charge in [-0.05, 0) is 31.7 Å². The van der Waals surface area contributed by atoms with E-state index in [9.17, 15) is 9.59 Å². The van der Waals surface area contributed by atoms with E-state index in [1.54, 1.807) is 13.8 Å². The Morgan fingerprint density at radius 1 is 1.06 bits per heavy atom. The Bertz CT molecular complexity index is 408. The molecule has 0 amide bonds. The van der Waals surface area contributed by atoms with E-state index in [0.717, 1.165) is 12.0 Å². The van der Waals surface area contributed by atoms with E-state index < -0.39 is 0 Å². The van der Waals surface area contributed by atoms with Crippen molar-refractivity contribution >= 4 is 11.6 Å². The Morgan fingerprint density at radius 3 is 2.00 bits per heavy atom. The zero-order valence-corrected chi connectivity index (χ0v) is 11.6. The molecule has 2 nitrogen and oxygen atoms in total. The van der Waals surface area contributed by atoms with Gasteiger partial charge < -0.3 is 0 Å². The first-order valence-corrected chi connectivity index (χ1v) is 6.54. The number of carbonyl (C=O) groups is 2. The third-order valence-electron chi connectivity index (χ3n) is 3.75. The van der Waals surface area contributed by atoms with Crippen LogP contribution in [0.2, 0.25) is 0 Å². The molecule has 98 valence electrons. The SMILES string of the molecule is CCC(c1ccccc1)C(C(C)=O)C(C)C(C)=O. The molecule has 18 heavy (non-hydrogen) atoms. The standard InChI is InChI=1S/C16H22O2/c1-5-15(14-9-7-6-8-10-14)16(13(4)18)11(2)12(3)17/h6-11,15-16H,5H2,1-4H3. The van der Waals surface area contributed by atoms with E-state index in [-0.39, 0.29) is 29.3 Å². The number of ketones is 2. The van der Waals surface area contributed by atoms with Crippen molar-refractivity contribution in [3.05, 3.63) is 35.9 Å². The first kappa shape index (κ1) is 14.6. The van der Waals surface area contributed by atoms with Crippen LogP contribution in [-0.4, -0.2) is 11.6 Å². The maximum atomic E-state index is 11.9. The van der Waals surface area contributed by atoms with E-state index in [1.807, 2.05) is 37.3 Å². The van der Waals surface area contributed by atoms with Crippen LogP contribution in [0.4, 0.5) is 0 Å². The van der Waals surface area contributed by atoms with Crippen LogP contribution >= 0.6 is 0 Å². The van der Waals surface area contributed by atoms with Crippen LogP contribution in [0.25, 0.3) is 0 Å². The van der Waals surface area contributed by atoms with Crippen molar-refractivity contribution in [3.63, 3.8) is 0 Å². The lowest BCUT2D eigenvalue weighted by atomic mass is 9.74. The van der Waals surface area contributed by atoms with Crippen molar-refractivity contribution in [1.29, 1.82) is 0 Å². The fourth-order valence-corrected chi connectivity index (χ4v) is 2.63. The molecule has 0 aliphatic heterocycles. The molecular weight excluding hydrogens is 224 g/mol. The number of hydrogen-bond donors (Lipinski definition) is 0. The third kappa shape index (κ3) is 3.28. The van der Waals surface area contributed by atoms with Gasteiger partial charge in [0.2, 0.25) is 0 Å². The van der Waals surface area contributed by atoms with Crippen LogP contribution in [0.1, 0.15) is 45.6 Å². The molecule has 1 aromatic rings. The highest BCUT2D eigenvalue weighted by Gasteiger charge is 2.32. The molecule has 0 spiro atoms. The zero-order chi connectivity index (χ0) is 13.7. The first-order chi connectivity index (χ1) is 8.49. The Hall–Kier alpha value is -1.44. The van der Waals surface area contributed by atoms with Crippen LogP contribution in [0, 0.1) is 11.8 Å². The summed E-state index contributed by atoms with van der Waals surface area (Å²) in [5.41, 5.74) is 1.15. The molecule has 2 heteroatoms. The minimum atomic E-state index is -0.215. The zero-order valence-electron chi connectivity index (χ0n) is 11.6. The normalized spacial score (nSPS) is 15.8. The predicted octanol–water partition coefficient (Wildman–Crippen LogP) is 3.61. The maximum absolute atomic E-state index is 11.9. The van der Waals surface area contributed by atoms with Gasteiger partial charge in [-0.25, -0.2) is 0 Å². The highest BCUT2D eigenvalue weighted by atomic mass is 16.1. The molecule has 1 rings (SSSR count). The number of carbonyl (C=O) groups excluding carboxylic acids is 2. The van der Waals surface area contributed by atoms with Gasteiger partial charge in [-0.1, -0.05) is 44.2 Å². The summed E-state index contributed by atoms with van der Waals surface area (Å²) in [5, 5.41) is 0. The monoisotopic (exact) mass is 246 g/mol. The van der Waals surface area contributed by atoms with Crippen molar-refractivity contribution in [2.24, 2.45) is 11.8 Å². The average molecular weight is 246 g/mol. The Labute approximate surface area is 109 Å². The molecule has 0 aliphatic carbocycles. The van der Waals surface area contributed by atoms with Gasteiger partial charge in [0.15, 0.2) is 0 Å². The fraction of sp³-hybridized carbons (Fsp3) is 0.500. The van der Waals surface area contributed by atoms with Gasteiger partial charge >= 0.3 is 0 Å². The Kier molecular flexibility index (Phi) is 5.26. The van der Waals surface area contributed by atoms with Crippen molar-refractivity contribution in [2.45, 2.75) is 40.0 Å². The summed E-state index contributed by atoms with van der Waals surface area (Å²) in [4.78, 5) is 23.5. The summed E-state index contributed by atoms with van der Waals surface area (Å²) >= 11 is 0. The molecule has 0 radical (unpaired) electrons. The lowest BCUT2D eigenvalue weighted by Gasteiger charge is -2.28. The van der Waals surface area contributed by atoms with Gasteiger partial charge in [0, 0.05) is 11.8 Å². The quantitative estimate of drug-likeness (QED) is 0.768. The maximum Gasteiger partial charge on any atom is 0.134 e.